The molecule has 0 unspecified atom stereocenters. The van der Waals surface area contributed by atoms with Gasteiger partial charge in [-0.05, 0) is 72.0 Å². The number of rotatable bonds is 8. The van der Waals surface area contributed by atoms with Crippen molar-refractivity contribution in [1.29, 1.82) is 0 Å². The first kappa shape index (κ1) is 26.0. The highest BCUT2D eigenvalue weighted by atomic mass is 16.5. The van der Waals surface area contributed by atoms with Gasteiger partial charge in [-0.1, -0.05) is 45.0 Å². The van der Waals surface area contributed by atoms with Gasteiger partial charge >= 0.3 is 0 Å². The molecule has 3 aromatic carbocycles. The summed E-state index contributed by atoms with van der Waals surface area (Å²) in [6.07, 6.45) is 0. The predicted octanol–water partition coefficient (Wildman–Crippen LogP) is 6.08. The maximum absolute atomic E-state index is 13.7. The lowest BCUT2D eigenvalue weighted by atomic mass is 9.86. The Balaban J connectivity index is 1.69. The van der Waals surface area contributed by atoms with Crippen LogP contribution >= 0.6 is 0 Å². The number of nitrogens with one attached hydrogen (secondary N) is 1. The van der Waals surface area contributed by atoms with Crippen LogP contribution in [0, 0.1) is 0 Å². The van der Waals surface area contributed by atoms with Crippen molar-refractivity contribution in [3.05, 3.63) is 105 Å². The van der Waals surface area contributed by atoms with Gasteiger partial charge in [-0.25, -0.2) is 0 Å². The maximum Gasteiger partial charge on any atom is 0.254 e. The minimum atomic E-state index is -0.215. The molecule has 0 aliphatic carbocycles. The number of methoxy groups -OCH3 is 1. The van der Waals surface area contributed by atoms with Gasteiger partial charge in [0.25, 0.3) is 11.5 Å². The second kappa shape index (κ2) is 10.9. The minimum absolute atomic E-state index is 0.0108. The molecular weight excluding hydrogens is 464 g/mol. The molecule has 0 aliphatic rings. The van der Waals surface area contributed by atoms with E-state index in [1.807, 2.05) is 79.7 Å². The number of hydrogen-bond acceptors (Lipinski definition) is 4. The third kappa shape index (κ3) is 6.20. The molecule has 4 rings (SSSR count). The predicted molar refractivity (Wildman–Crippen MR) is 147 cm³/mol. The van der Waals surface area contributed by atoms with Crippen molar-refractivity contribution in [1.82, 2.24) is 9.88 Å². The molecule has 0 bridgehead atoms. The number of hydrogen-bond donors (Lipinski definition) is 1. The van der Waals surface area contributed by atoms with Gasteiger partial charge in [0.05, 0.1) is 20.3 Å². The zero-order valence-corrected chi connectivity index (χ0v) is 22.1. The molecule has 0 atom stereocenters. The molecule has 0 saturated heterocycles. The largest absolute Gasteiger partial charge is 0.497 e. The number of fused-ring (bicyclic) bond motifs is 1. The van der Waals surface area contributed by atoms with Gasteiger partial charge < -0.3 is 19.4 Å². The molecule has 0 radical (unpaired) electrons. The van der Waals surface area contributed by atoms with Crippen molar-refractivity contribution in [3.8, 4) is 11.5 Å². The zero-order chi connectivity index (χ0) is 26.6. The number of benzene rings is 3. The quantitative estimate of drug-likeness (QED) is 0.320. The van der Waals surface area contributed by atoms with E-state index in [2.05, 4.69) is 25.8 Å². The molecule has 1 heterocycles. The van der Waals surface area contributed by atoms with Gasteiger partial charge in [0.15, 0.2) is 0 Å². The first-order valence-electron chi connectivity index (χ1n) is 12.5. The van der Waals surface area contributed by atoms with Gasteiger partial charge in [-0.3, -0.25) is 9.59 Å². The Bertz CT molecular complexity index is 1430. The molecule has 1 aromatic heterocycles. The SMILES string of the molecule is CCOc1ccc2[nH]c(=O)c(CN(Cc3ccc(OC)cc3)C(=O)c3ccc(C(C)(C)C)cc3)cc2c1. The lowest BCUT2D eigenvalue weighted by Crippen LogP contribution is -2.32. The number of pyridine rings is 1. The van der Waals surface area contributed by atoms with Gasteiger partial charge in [0.2, 0.25) is 0 Å². The van der Waals surface area contributed by atoms with Crippen molar-refractivity contribution < 1.29 is 14.3 Å². The van der Waals surface area contributed by atoms with E-state index in [4.69, 9.17) is 9.47 Å². The van der Waals surface area contributed by atoms with E-state index in [0.717, 1.165) is 33.5 Å². The summed E-state index contributed by atoms with van der Waals surface area (Å²) in [5.41, 5.74) is 3.68. The van der Waals surface area contributed by atoms with Crippen LogP contribution in [-0.4, -0.2) is 29.5 Å². The molecule has 1 N–H and O–H groups in total. The summed E-state index contributed by atoms with van der Waals surface area (Å²) in [5.74, 6) is 1.34. The normalized spacial score (nSPS) is 11.4. The van der Waals surface area contributed by atoms with E-state index >= 15 is 0 Å². The van der Waals surface area contributed by atoms with Crippen LogP contribution in [0.15, 0.2) is 77.6 Å². The molecule has 4 aromatic rings. The van der Waals surface area contributed by atoms with Crippen LogP contribution in [-0.2, 0) is 18.5 Å². The van der Waals surface area contributed by atoms with E-state index in [1.54, 1.807) is 12.0 Å². The highest BCUT2D eigenvalue weighted by molar-refractivity contribution is 5.94. The molecule has 1 amide bonds. The molecule has 0 spiro atoms. The van der Waals surface area contributed by atoms with Crippen LogP contribution in [0.3, 0.4) is 0 Å². The van der Waals surface area contributed by atoms with Crippen LogP contribution in [0.5, 0.6) is 11.5 Å². The Morgan fingerprint density at radius 3 is 2.19 bits per heavy atom. The number of carbonyl (C=O) groups excluding carboxylic acids is 1. The first-order chi connectivity index (χ1) is 17.7. The second-order valence-electron chi connectivity index (χ2n) is 10.1. The lowest BCUT2D eigenvalue weighted by Gasteiger charge is -2.24. The van der Waals surface area contributed by atoms with Crippen molar-refractivity contribution in [2.75, 3.05) is 13.7 Å². The highest BCUT2D eigenvalue weighted by Crippen LogP contribution is 2.24. The van der Waals surface area contributed by atoms with E-state index in [9.17, 15) is 9.59 Å². The van der Waals surface area contributed by atoms with Crippen LogP contribution < -0.4 is 15.0 Å². The van der Waals surface area contributed by atoms with Crippen LogP contribution in [0.1, 0.15) is 54.7 Å². The van der Waals surface area contributed by atoms with Crippen molar-refractivity contribution in [2.24, 2.45) is 0 Å². The smallest absolute Gasteiger partial charge is 0.254 e. The fraction of sp³-hybridized carbons (Fsp3) is 0.290. The summed E-state index contributed by atoms with van der Waals surface area (Å²) >= 11 is 0. The van der Waals surface area contributed by atoms with Gasteiger partial charge in [0.1, 0.15) is 11.5 Å². The number of ether oxygens (including phenoxy) is 2. The van der Waals surface area contributed by atoms with Crippen LogP contribution in [0.2, 0.25) is 0 Å². The monoisotopic (exact) mass is 498 g/mol. The summed E-state index contributed by atoms with van der Waals surface area (Å²) in [6, 6.07) is 22.7. The maximum atomic E-state index is 13.7. The highest BCUT2D eigenvalue weighted by Gasteiger charge is 2.20. The first-order valence-corrected chi connectivity index (χ1v) is 12.5. The fourth-order valence-electron chi connectivity index (χ4n) is 4.26. The standard InChI is InChI=1S/C31H34N2O4/c1-6-37-27-15-16-28-23(18-27)17-24(29(34)32-28)20-33(19-21-7-13-26(36-5)14-8-21)30(35)22-9-11-25(12-10-22)31(2,3)4/h7-18H,6,19-20H2,1-5H3,(H,32,34). The molecule has 192 valence electrons. The van der Waals surface area contributed by atoms with E-state index in [0.29, 0.717) is 24.3 Å². The third-order valence-electron chi connectivity index (χ3n) is 6.38. The van der Waals surface area contributed by atoms with Crippen molar-refractivity contribution in [3.63, 3.8) is 0 Å². The topological polar surface area (TPSA) is 71.6 Å². The molecule has 0 saturated carbocycles. The summed E-state index contributed by atoms with van der Waals surface area (Å²) in [5, 5.41) is 0.854. The molecule has 6 nitrogen and oxygen atoms in total. The number of nitrogens with zero attached hydrogens (tertiary/aromatic N) is 1. The fourth-order valence-corrected chi connectivity index (χ4v) is 4.26. The Kier molecular flexibility index (Phi) is 7.67. The summed E-state index contributed by atoms with van der Waals surface area (Å²) in [4.78, 5) is 31.4. The van der Waals surface area contributed by atoms with Crippen LogP contribution in [0.4, 0.5) is 0 Å². The minimum Gasteiger partial charge on any atom is -0.497 e. The molecule has 6 heteroatoms. The molecular formula is C31H34N2O4. The van der Waals surface area contributed by atoms with Crippen molar-refractivity contribution >= 4 is 16.8 Å². The summed E-state index contributed by atoms with van der Waals surface area (Å²) in [7, 11) is 1.62. The Hall–Kier alpha value is -4.06. The van der Waals surface area contributed by atoms with E-state index in [-0.39, 0.29) is 23.4 Å². The number of carbonyl (C=O) groups is 1. The molecule has 0 aliphatic heterocycles. The lowest BCUT2D eigenvalue weighted by molar-refractivity contribution is 0.0729. The molecule has 37 heavy (non-hydrogen) atoms. The zero-order valence-electron chi connectivity index (χ0n) is 22.1. The van der Waals surface area contributed by atoms with Crippen LogP contribution in [0.25, 0.3) is 10.9 Å². The Morgan fingerprint density at radius 2 is 1.57 bits per heavy atom. The Labute approximate surface area is 217 Å². The number of aromatic nitrogens is 1. The summed E-state index contributed by atoms with van der Waals surface area (Å²) < 4.78 is 10.9. The number of H-pyrrole nitrogens is 1. The summed E-state index contributed by atoms with van der Waals surface area (Å²) in [6.45, 7) is 9.42. The van der Waals surface area contributed by atoms with Gasteiger partial charge in [-0.2, -0.15) is 0 Å². The van der Waals surface area contributed by atoms with E-state index < -0.39 is 0 Å². The average molecular weight is 499 g/mol. The third-order valence-corrected chi connectivity index (χ3v) is 6.38. The number of amides is 1. The number of aromatic amines is 1. The second-order valence-corrected chi connectivity index (χ2v) is 10.1. The average Bonchev–Trinajstić information content (AvgIpc) is 2.88. The van der Waals surface area contributed by atoms with Crippen molar-refractivity contribution in [2.45, 2.75) is 46.2 Å². The van der Waals surface area contributed by atoms with E-state index in [1.165, 1.54) is 0 Å². The molecule has 0 fully saturated rings. The van der Waals surface area contributed by atoms with Gasteiger partial charge in [-0.15, -0.1) is 0 Å². The van der Waals surface area contributed by atoms with Gasteiger partial charge in [0, 0.05) is 28.6 Å². The Morgan fingerprint density at radius 1 is 0.892 bits per heavy atom.